The van der Waals surface area contributed by atoms with Crippen LogP contribution in [0.3, 0.4) is 0 Å². The molecular formula is C20H22ClN3O. The Morgan fingerprint density at radius 1 is 1.16 bits per heavy atom. The number of fused-ring (bicyclic) bond motifs is 1. The fourth-order valence-corrected chi connectivity index (χ4v) is 3.14. The molecule has 0 fully saturated rings. The number of halogens is 1. The average Bonchev–Trinajstić information content (AvgIpc) is 2.92. The molecule has 1 N–H and O–H groups in total. The summed E-state index contributed by atoms with van der Waals surface area (Å²) in [5, 5.41) is 3.40. The third kappa shape index (κ3) is 4.02. The molecule has 0 aliphatic heterocycles. The largest absolute Gasteiger partial charge is 0.352 e. The molecule has 25 heavy (non-hydrogen) atoms. The molecule has 4 nitrogen and oxygen atoms in total. The van der Waals surface area contributed by atoms with Crippen LogP contribution < -0.4 is 5.32 Å². The first-order chi connectivity index (χ1) is 12.1. The zero-order valence-corrected chi connectivity index (χ0v) is 15.3. The van der Waals surface area contributed by atoms with E-state index in [0.29, 0.717) is 29.5 Å². The van der Waals surface area contributed by atoms with Crippen LogP contribution in [0.4, 0.5) is 0 Å². The minimum absolute atomic E-state index is 0.155. The van der Waals surface area contributed by atoms with E-state index in [9.17, 15) is 4.79 Å². The van der Waals surface area contributed by atoms with Gasteiger partial charge in [-0.1, -0.05) is 49.7 Å². The van der Waals surface area contributed by atoms with Crippen LogP contribution in [0.25, 0.3) is 11.0 Å². The van der Waals surface area contributed by atoms with Crippen LogP contribution >= 0.6 is 11.6 Å². The number of carbonyl (C=O) groups excluding carboxylic acids is 1. The van der Waals surface area contributed by atoms with E-state index in [0.717, 1.165) is 23.4 Å². The van der Waals surface area contributed by atoms with Gasteiger partial charge in [-0.3, -0.25) is 4.79 Å². The predicted molar refractivity (Wildman–Crippen MR) is 102 cm³/mol. The van der Waals surface area contributed by atoms with Crippen LogP contribution in [0.5, 0.6) is 0 Å². The number of nitrogens with one attached hydrogen (secondary N) is 1. The molecule has 0 aliphatic rings. The molecule has 0 atom stereocenters. The summed E-state index contributed by atoms with van der Waals surface area (Å²) < 4.78 is 2.25. The summed E-state index contributed by atoms with van der Waals surface area (Å²) in [6.45, 7) is 5.81. The van der Waals surface area contributed by atoms with Crippen molar-refractivity contribution in [2.24, 2.45) is 5.92 Å². The fourth-order valence-electron chi connectivity index (χ4n) is 2.91. The number of nitrogens with zero attached hydrogens (tertiary/aromatic N) is 2. The first-order valence-electron chi connectivity index (χ1n) is 8.53. The molecule has 130 valence electrons. The van der Waals surface area contributed by atoms with Gasteiger partial charge in [0.1, 0.15) is 5.82 Å². The maximum Gasteiger partial charge on any atom is 0.252 e. The Kier molecular flexibility index (Phi) is 5.39. The van der Waals surface area contributed by atoms with E-state index in [-0.39, 0.29) is 5.91 Å². The summed E-state index contributed by atoms with van der Waals surface area (Å²) in [6.07, 6.45) is 0.678. The monoisotopic (exact) mass is 355 g/mol. The van der Waals surface area contributed by atoms with Crippen LogP contribution in [0.15, 0.2) is 48.5 Å². The standard InChI is InChI=1S/C20H22ClN3O/c1-14(2)13-24-18-10-6-5-9-17(18)23-19(24)11-12-22-20(25)15-7-3-4-8-16(15)21/h3-10,14H,11-13H2,1-2H3,(H,22,25). The van der Waals surface area contributed by atoms with E-state index in [1.807, 2.05) is 30.3 Å². The Morgan fingerprint density at radius 2 is 1.88 bits per heavy atom. The number of aromatic nitrogens is 2. The van der Waals surface area contributed by atoms with Crippen LogP contribution in [-0.4, -0.2) is 22.0 Å². The first-order valence-corrected chi connectivity index (χ1v) is 8.91. The molecule has 0 radical (unpaired) electrons. The maximum absolute atomic E-state index is 12.3. The molecule has 0 unspecified atom stereocenters. The van der Waals surface area contributed by atoms with Gasteiger partial charge in [-0.25, -0.2) is 4.98 Å². The first kappa shape index (κ1) is 17.5. The summed E-state index contributed by atoms with van der Waals surface area (Å²) in [4.78, 5) is 17.0. The second-order valence-electron chi connectivity index (χ2n) is 6.51. The molecule has 0 saturated carbocycles. The molecule has 2 aromatic carbocycles. The van der Waals surface area contributed by atoms with Crippen molar-refractivity contribution in [2.45, 2.75) is 26.8 Å². The second-order valence-corrected chi connectivity index (χ2v) is 6.91. The number of para-hydroxylation sites is 2. The predicted octanol–water partition coefficient (Wildman–Crippen LogP) is 4.32. The highest BCUT2D eigenvalue weighted by molar-refractivity contribution is 6.33. The summed E-state index contributed by atoms with van der Waals surface area (Å²) in [5.74, 6) is 1.36. The van der Waals surface area contributed by atoms with Crippen molar-refractivity contribution in [1.82, 2.24) is 14.9 Å². The highest BCUT2D eigenvalue weighted by Crippen LogP contribution is 2.18. The van der Waals surface area contributed by atoms with Gasteiger partial charge in [-0.2, -0.15) is 0 Å². The van der Waals surface area contributed by atoms with Crippen molar-refractivity contribution in [3.63, 3.8) is 0 Å². The zero-order valence-electron chi connectivity index (χ0n) is 14.5. The van der Waals surface area contributed by atoms with Crippen LogP contribution in [0.1, 0.15) is 30.0 Å². The van der Waals surface area contributed by atoms with Gasteiger partial charge >= 0.3 is 0 Å². The lowest BCUT2D eigenvalue weighted by molar-refractivity contribution is 0.0954. The smallest absolute Gasteiger partial charge is 0.252 e. The third-order valence-corrected chi connectivity index (χ3v) is 4.36. The second kappa shape index (κ2) is 7.70. The molecule has 0 saturated heterocycles. The van der Waals surface area contributed by atoms with Crippen molar-refractivity contribution in [1.29, 1.82) is 0 Å². The third-order valence-electron chi connectivity index (χ3n) is 4.03. The number of amides is 1. The maximum atomic E-state index is 12.3. The van der Waals surface area contributed by atoms with Gasteiger partial charge < -0.3 is 9.88 Å². The highest BCUT2D eigenvalue weighted by atomic mass is 35.5. The number of hydrogen-bond donors (Lipinski definition) is 1. The Balaban J connectivity index is 1.73. The normalized spacial score (nSPS) is 11.2. The summed E-state index contributed by atoms with van der Waals surface area (Å²) in [7, 11) is 0. The van der Waals surface area contributed by atoms with Crippen molar-refractivity contribution in [3.8, 4) is 0 Å². The van der Waals surface area contributed by atoms with E-state index in [1.165, 1.54) is 0 Å². The molecule has 0 bridgehead atoms. The molecule has 1 heterocycles. The summed E-state index contributed by atoms with van der Waals surface area (Å²) in [5.41, 5.74) is 2.64. The van der Waals surface area contributed by atoms with Crippen LogP contribution in [0, 0.1) is 5.92 Å². The number of rotatable bonds is 6. The average molecular weight is 356 g/mol. The van der Waals surface area contributed by atoms with Crippen molar-refractivity contribution in [2.75, 3.05) is 6.54 Å². The van der Waals surface area contributed by atoms with Gasteiger partial charge in [-0.05, 0) is 30.2 Å². The minimum atomic E-state index is -0.155. The molecule has 3 aromatic rings. The molecule has 1 aromatic heterocycles. The summed E-state index contributed by atoms with van der Waals surface area (Å²) in [6, 6.07) is 15.2. The molecule has 5 heteroatoms. The minimum Gasteiger partial charge on any atom is -0.352 e. The fraction of sp³-hybridized carbons (Fsp3) is 0.300. The summed E-state index contributed by atoms with van der Waals surface area (Å²) >= 11 is 6.07. The molecule has 0 spiro atoms. The molecule has 0 aliphatic carbocycles. The highest BCUT2D eigenvalue weighted by Gasteiger charge is 2.13. The topological polar surface area (TPSA) is 46.9 Å². The van der Waals surface area contributed by atoms with E-state index in [2.05, 4.69) is 29.8 Å². The Morgan fingerprint density at radius 3 is 2.64 bits per heavy atom. The van der Waals surface area contributed by atoms with E-state index < -0.39 is 0 Å². The molecule has 3 rings (SSSR count). The van der Waals surface area contributed by atoms with Gasteiger partial charge in [0.05, 0.1) is 21.6 Å². The Labute approximate surface area is 152 Å². The SMILES string of the molecule is CC(C)Cn1c(CCNC(=O)c2ccccc2Cl)nc2ccccc21. The van der Waals surface area contributed by atoms with E-state index in [1.54, 1.807) is 12.1 Å². The van der Waals surface area contributed by atoms with Crippen molar-refractivity contribution < 1.29 is 4.79 Å². The van der Waals surface area contributed by atoms with Gasteiger partial charge in [0.2, 0.25) is 0 Å². The van der Waals surface area contributed by atoms with Gasteiger partial charge in [0.15, 0.2) is 0 Å². The van der Waals surface area contributed by atoms with Crippen molar-refractivity contribution >= 4 is 28.5 Å². The lowest BCUT2D eigenvalue weighted by Gasteiger charge is -2.12. The number of benzene rings is 2. The quantitative estimate of drug-likeness (QED) is 0.715. The zero-order chi connectivity index (χ0) is 17.8. The van der Waals surface area contributed by atoms with Gasteiger partial charge in [-0.15, -0.1) is 0 Å². The van der Waals surface area contributed by atoms with E-state index in [4.69, 9.17) is 16.6 Å². The number of carbonyl (C=O) groups is 1. The Bertz CT molecular complexity index is 886. The molecule has 1 amide bonds. The lowest BCUT2D eigenvalue weighted by Crippen LogP contribution is -2.27. The number of imidazole rings is 1. The number of hydrogen-bond acceptors (Lipinski definition) is 2. The molecular weight excluding hydrogens is 334 g/mol. The van der Waals surface area contributed by atoms with Crippen LogP contribution in [-0.2, 0) is 13.0 Å². The Hall–Kier alpha value is -2.33. The lowest BCUT2D eigenvalue weighted by atomic mass is 10.2. The van der Waals surface area contributed by atoms with Gasteiger partial charge in [0, 0.05) is 19.5 Å². The van der Waals surface area contributed by atoms with Gasteiger partial charge in [0.25, 0.3) is 5.91 Å². The van der Waals surface area contributed by atoms with Crippen LogP contribution in [0.2, 0.25) is 5.02 Å². The van der Waals surface area contributed by atoms with E-state index >= 15 is 0 Å². The van der Waals surface area contributed by atoms with Crippen molar-refractivity contribution in [3.05, 3.63) is 64.9 Å².